The number of rotatable bonds is 5. The molecule has 2 aliphatic rings. The van der Waals surface area contributed by atoms with Crippen LogP contribution in [-0.4, -0.2) is 62.1 Å². The van der Waals surface area contributed by atoms with Crippen molar-refractivity contribution in [3.63, 3.8) is 0 Å². The number of hydrogen-bond donors (Lipinski definition) is 1. The molecule has 1 saturated heterocycles. The predicted octanol–water partition coefficient (Wildman–Crippen LogP) is 4.61. The van der Waals surface area contributed by atoms with Crippen LogP contribution in [0.1, 0.15) is 48.5 Å². The number of benzene rings is 1. The minimum absolute atomic E-state index is 0.0187. The molecule has 9 heteroatoms. The Kier molecular flexibility index (Phi) is 6.29. The van der Waals surface area contributed by atoms with Gasteiger partial charge in [-0.3, -0.25) is 4.79 Å². The number of fused-ring (bicyclic) bond motifs is 1. The Bertz CT molecular complexity index is 1360. The zero-order chi connectivity index (χ0) is 24.3. The molecule has 1 saturated carbocycles. The monoisotopic (exact) mass is 483 g/mol. The minimum atomic E-state index is -0.0187. The van der Waals surface area contributed by atoms with Crippen LogP contribution in [0.15, 0.2) is 54.9 Å². The van der Waals surface area contributed by atoms with Gasteiger partial charge in [0.25, 0.3) is 5.91 Å². The standard InChI is InChI=1S/C27H29N7O2/c35-27(33-12-14-36-15-13-33)21-7-9-25(29-18-21)30-26-17-20(10-11-28-26)19-6-8-23-24(16-19)34(32-31-23)22-4-2-1-3-5-22/h6-11,16-18,22H,1-5,12-15H2,(H,28,29,30). The van der Waals surface area contributed by atoms with Gasteiger partial charge in [0.05, 0.1) is 30.3 Å². The Morgan fingerprint density at radius 1 is 0.917 bits per heavy atom. The van der Waals surface area contributed by atoms with E-state index in [1.54, 1.807) is 23.4 Å². The third-order valence-electron chi connectivity index (χ3n) is 7.05. The molecule has 6 rings (SSSR count). The lowest BCUT2D eigenvalue weighted by Crippen LogP contribution is -2.40. The highest BCUT2D eigenvalue weighted by molar-refractivity contribution is 5.94. The summed E-state index contributed by atoms with van der Waals surface area (Å²) in [5.74, 6) is 1.30. The highest BCUT2D eigenvalue weighted by Crippen LogP contribution is 2.32. The molecule has 3 aromatic heterocycles. The molecule has 2 fully saturated rings. The van der Waals surface area contributed by atoms with Crippen molar-refractivity contribution in [3.05, 3.63) is 60.4 Å². The third-order valence-corrected chi connectivity index (χ3v) is 7.05. The first-order valence-corrected chi connectivity index (χ1v) is 12.7. The number of nitrogens with one attached hydrogen (secondary N) is 1. The van der Waals surface area contributed by atoms with E-state index in [0.717, 1.165) is 35.0 Å². The molecule has 4 aromatic rings. The van der Waals surface area contributed by atoms with Gasteiger partial charge in [-0.2, -0.15) is 0 Å². The summed E-state index contributed by atoms with van der Waals surface area (Å²) in [4.78, 5) is 23.4. The maximum atomic E-state index is 12.7. The third kappa shape index (κ3) is 4.66. The Balaban J connectivity index is 1.20. The number of aromatic nitrogens is 5. The van der Waals surface area contributed by atoms with Crippen LogP contribution in [-0.2, 0) is 4.74 Å². The van der Waals surface area contributed by atoms with Crippen LogP contribution < -0.4 is 5.32 Å². The minimum Gasteiger partial charge on any atom is -0.378 e. The zero-order valence-electron chi connectivity index (χ0n) is 20.1. The van der Waals surface area contributed by atoms with E-state index in [1.165, 1.54) is 19.3 Å². The fourth-order valence-corrected chi connectivity index (χ4v) is 5.06. The van der Waals surface area contributed by atoms with Gasteiger partial charge in [-0.05, 0) is 60.4 Å². The lowest BCUT2D eigenvalue weighted by atomic mass is 9.95. The second-order valence-electron chi connectivity index (χ2n) is 9.42. The topological polar surface area (TPSA) is 98.1 Å². The number of morpholine rings is 1. The number of hydrogen-bond acceptors (Lipinski definition) is 7. The van der Waals surface area contributed by atoms with E-state index >= 15 is 0 Å². The Hall–Kier alpha value is -3.85. The number of carbonyl (C=O) groups is 1. The molecule has 4 heterocycles. The molecule has 0 radical (unpaired) electrons. The highest BCUT2D eigenvalue weighted by atomic mass is 16.5. The van der Waals surface area contributed by atoms with Crippen molar-refractivity contribution >= 4 is 28.6 Å². The maximum Gasteiger partial charge on any atom is 0.255 e. The number of carbonyl (C=O) groups excluding carboxylic acids is 1. The molecule has 0 spiro atoms. The lowest BCUT2D eigenvalue weighted by molar-refractivity contribution is 0.0302. The van der Waals surface area contributed by atoms with Crippen LogP contribution in [0, 0.1) is 0 Å². The van der Waals surface area contributed by atoms with E-state index in [1.807, 2.05) is 24.3 Å². The number of nitrogens with zero attached hydrogens (tertiary/aromatic N) is 6. The largest absolute Gasteiger partial charge is 0.378 e. The van der Waals surface area contributed by atoms with Crippen LogP contribution >= 0.6 is 0 Å². The molecular formula is C27H29N7O2. The zero-order valence-corrected chi connectivity index (χ0v) is 20.1. The lowest BCUT2D eigenvalue weighted by Gasteiger charge is -2.26. The first-order valence-electron chi connectivity index (χ1n) is 12.7. The van der Waals surface area contributed by atoms with Crippen molar-refractivity contribution in [1.82, 2.24) is 29.9 Å². The molecule has 1 aliphatic carbocycles. The Morgan fingerprint density at radius 3 is 2.56 bits per heavy atom. The molecule has 1 aliphatic heterocycles. The van der Waals surface area contributed by atoms with Gasteiger partial charge in [0, 0.05) is 25.5 Å². The fourth-order valence-electron chi connectivity index (χ4n) is 5.06. The fraction of sp³-hybridized carbons (Fsp3) is 0.370. The summed E-state index contributed by atoms with van der Waals surface area (Å²) in [6.45, 7) is 2.37. The predicted molar refractivity (Wildman–Crippen MR) is 137 cm³/mol. The van der Waals surface area contributed by atoms with Crippen molar-refractivity contribution in [3.8, 4) is 11.1 Å². The van der Waals surface area contributed by atoms with Gasteiger partial charge in [-0.1, -0.05) is 30.5 Å². The van der Waals surface area contributed by atoms with Gasteiger partial charge < -0.3 is 15.0 Å². The average Bonchev–Trinajstić information content (AvgIpc) is 3.38. The molecule has 9 nitrogen and oxygen atoms in total. The molecule has 0 bridgehead atoms. The van der Waals surface area contributed by atoms with Crippen molar-refractivity contribution < 1.29 is 9.53 Å². The van der Waals surface area contributed by atoms with Crippen LogP contribution in [0.5, 0.6) is 0 Å². The second kappa shape index (κ2) is 10.0. The number of amides is 1. The van der Waals surface area contributed by atoms with Crippen molar-refractivity contribution in [1.29, 1.82) is 0 Å². The van der Waals surface area contributed by atoms with E-state index in [0.29, 0.717) is 49.5 Å². The second-order valence-corrected chi connectivity index (χ2v) is 9.42. The quantitative estimate of drug-likeness (QED) is 0.443. The first-order chi connectivity index (χ1) is 17.7. The average molecular weight is 484 g/mol. The molecule has 1 N–H and O–H groups in total. The smallest absolute Gasteiger partial charge is 0.255 e. The first kappa shape index (κ1) is 22.6. The molecule has 1 aromatic carbocycles. The normalized spacial score (nSPS) is 16.8. The van der Waals surface area contributed by atoms with Crippen LogP contribution in [0.3, 0.4) is 0 Å². The number of pyridine rings is 2. The van der Waals surface area contributed by atoms with Gasteiger partial charge in [0.2, 0.25) is 0 Å². The van der Waals surface area contributed by atoms with Crippen LogP contribution in [0.4, 0.5) is 11.6 Å². The van der Waals surface area contributed by atoms with E-state index < -0.39 is 0 Å². The molecule has 1 amide bonds. The summed E-state index contributed by atoms with van der Waals surface area (Å²) in [5.41, 5.74) is 4.71. The summed E-state index contributed by atoms with van der Waals surface area (Å²) in [7, 11) is 0. The number of anilines is 2. The van der Waals surface area contributed by atoms with E-state index in [2.05, 4.69) is 42.4 Å². The molecule has 184 valence electrons. The Morgan fingerprint density at radius 2 is 1.75 bits per heavy atom. The number of ether oxygens (including phenoxy) is 1. The molecular weight excluding hydrogens is 454 g/mol. The van der Waals surface area contributed by atoms with Crippen molar-refractivity contribution in [2.24, 2.45) is 0 Å². The van der Waals surface area contributed by atoms with E-state index in [-0.39, 0.29) is 5.91 Å². The van der Waals surface area contributed by atoms with Gasteiger partial charge in [0.15, 0.2) is 0 Å². The van der Waals surface area contributed by atoms with Gasteiger partial charge in [0.1, 0.15) is 17.2 Å². The summed E-state index contributed by atoms with van der Waals surface area (Å²) >= 11 is 0. The van der Waals surface area contributed by atoms with E-state index in [9.17, 15) is 4.79 Å². The summed E-state index contributed by atoms with van der Waals surface area (Å²) in [5, 5.41) is 12.1. The van der Waals surface area contributed by atoms with Crippen molar-refractivity contribution in [2.75, 3.05) is 31.6 Å². The van der Waals surface area contributed by atoms with Crippen LogP contribution in [0.2, 0.25) is 0 Å². The summed E-state index contributed by atoms with van der Waals surface area (Å²) in [6.07, 6.45) is 9.53. The molecule has 0 atom stereocenters. The van der Waals surface area contributed by atoms with Gasteiger partial charge >= 0.3 is 0 Å². The van der Waals surface area contributed by atoms with Gasteiger partial charge in [-0.25, -0.2) is 14.6 Å². The van der Waals surface area contributed by atoms with Gasteiger partial charge in [-0.15, -0.1) is 5.10 Å². The summed E-state index contributed by atoms with van der Waals surface area (Å²) < 4.78 is 7.44. The summed E-state index contributed by atoms with van der Waals surface area (Å²) in [6, 6.07) is 14.3. The molecule has 0 unspecified atom stereocenters. The SMILES string of the molecule is O=C(c1ccc(Nc2cc(-c3ccc4nnn(C5CCCCC5)c4c3)ccn2)nc1)N1CCOCC1. The molecule has 36 heavy (non-hydrogen) atoms. The maximum absolute atomic E-state index is 12.7. The highest BCUT2D eigenvalue weighted by Gasteiger charge is 2.20. The van der Waals surface area contributed by atoms with E-state index in [4.69, 9.17) is 4.74 Å². The van der Waals surface area contributed by atoms with Crippen molar-refractivity contribution in [2.45, 2.75) is 38.1 Å². The Labute approximate surface area is 209 Å². The van der Waals surface area contributed by atoms with Crippen LogP contribution in [0.25, 0.3) is 22.2 Å².